The fourth-order valence-corrected chi connectivity index (χ4v) is 5.04. The summed E-state index contributed by atoms with van der Waals surface area (Å²) in [7, 11) is -7.63. The second-order valence-corrected chi connectivity index (χ2v) is 11.1. The van der Waals surface area contributed by atoms with Crippen LogP contribution in [0.1, 0.15) is 12.0 Å². The van der Waals surface area contributed by atoms with Gasteiger partial charge in [-0.1, -0.05) is 17.7 Å². The highest BCUT2D eigenvalue weighted by Gasteiger charge is 2.21. The van der Waals surface area contributed by atoms with Crippen LogP contribution in [-0.2, 0) is 20.0 Å². The molecule has 2 aromatic carbocycles. The van der Waals surface area contributed by atoms with E-state index in [4.69, 9.17) is 0 Å². The van der Waals surface area contributed by atoms with Crippen LogP contribution < -0.4 is 14.3 Å². The summed E-state index contributed by atoms with van der Waals surface area (Å²) in [5, 5.41) is 9.21. The van der Waals surface area contributed by atoms with Crippen molar-refractivity contribution < 1.29 is 26.7 Å². The van der Waals surface area contributed by atoms with E-state index >= 15 is 0 Å². The number of benzene rings is 2. The van der Waals surface area contributed by atoms with Gasteiger partial charge in [0.1, 0.15) is 0 Å². The van der Waals surface area contributed by atoms with E-state index in [1.165, 1.54) is 23.1 Å². The zero-order valence-corrected chi connectivity index (χ0v) is 19.4. The van der Waals surface area contributed by atoms with Gasteiger partial charge in [-0.2, -0.15) is 0 Å². The van der Waals surface area contributed by atoms with Crippen molar-refractivity contribution in [3.05, 3.63) is 48.0 Å². The molecule has 0 aliphatic carbocycles. The van der Waals surface area contributed by atoms with Gasteiger partial charge in [0.05, 0.1) is 22.5 Å². The number of amides is 1. The highest BCUT2D eigenvalue weighted by atomic mass is 32.2. The van der Waals surface area contributed by atoms with Crippen LogP contribution in [0.15, 0.2) is 47.4 Å². The van der Waals surface area contributed by atoms with Crippen molar-refractivity contribution in [2.75, 3.05) is 46.8 Å². The molecule has 0 spiro atoms. The van der Waals surface area contributed by atoms with E-state index in [1.807, 2.05) is 11.8 Å². The Morgan fingerprint density at radius 2 is 1.59 bits per heavy atom. The molecule has 1 heterocycles. The molecule has 32 heavy (non-hydrogen) atoms. The van der Waals surface area contributed by atoms with Gasteiger partial charge in [0.25, 0.3) is 10.0 Å². The highest BCUT2D eigenvalue weighted by molar-refractivity contribution is 7.93. The molecule has 12 heteroatoms. The van der Waals surface area contributed by atoms with Gasteiger partial charge in [-0.05, 0) is 43.7 Å². The van der Waals surface area contributed by atoms with Gasteiger partial charge in [-0.25, -0.2) is 21.6 Å². The molecule has 174 valence electrons. The number of rotatable bonds is 6. The Morgan fingerprint density at radius 1 is 0.906 bits per heavy atom. The van der Waals surface area contributed by atoms with Crippen molar-refractivity contribution in [2.45, 2.75) is 18.2 Å². The number of hydrogen-bond acceptors (Lipinski definition) is 6. The second kappa shape index (κ2) is 9.25. The Morgan fingerprint density at radius 3 is 2.22 bits per heavy atom. The highest BCUT2D eigenvalue weighted by Crippen LogP contribution is 2.31. The molecule has 10 nitrogen and oxygen atoms in total. The molecule has 0 atom stereocenters. The summed E-state index contributed by atoms with van der Waals surface area (Å²) in [6, 6.07) is 11.0. The quantitative estimate of drug-likeness (QED) is 0.575. The van der Waals surface area contributed by atoms with Gasteiger partial charge in [-0.15, -0.1) is 0 Å². The van der Waals surface area contributed by atoms with Crippen LogP contribution in [0.3, 0.4) is 0 Å². The third-order valence-electron chi connectivity index (χ3n) is 5.01. The number of nitrogens with one attached hydrogen (secondary N) is 2. The minimum Gasteiger partial charge on any atom is -0.465 e. The number of carbonyl (C=O) groups is 1. The minimum atomic E-state index is -3.94. The maximum atomic E-state index is 12.8. The zero-order valence-electron chi connectivity index (χ0n) is 17.8. The minimum absolute atomic E-state index is 0.0544. The van der Waals surface area contributed by atoms with Gasteiger partial charge in [-0.3, -0.25) is 9.44 Å². The van der Waals surface area contributed by atoms with E-state index in [1.54, 1.807) is 24.3 Å². The standard InChI is InChI=1S/C20H26N4O6S2/c1-15-4-7-17(8-5-15)32(29,30)22-18-9-6-16(14-19(18)21-31(2,27)28)23-10-3-11-24(13-12-23)20(25)26/h4-9,14,21-22H,3,10-13H2,1-2H3,(H,25,26). The van der Waals surface area contributed by atoms with Gasteiger partial charge in [0.15, 0.2) is 0 Å². The molecular weight excluding hydrogens is 456 g/mol. The summed E-state index contributed by atoms with van der Waals surface area (Å²) in [6.07, 6.45) is 0.615. The van der Waals surface area contributed by atoms with E-state index in [9.17, 15) is 26.7 Å². The lowest BCUT2D eigenvalue weighted by atomic mass is 10.2. The lowest BCUT2D eigenvalue weighted by Gasteiger charge is -2.24. The molecule has 0 aromatic heterocycles. The van der Waals surface area contributed by atoms with Gasteiger partial charge < -0.3 is 14.9 Å². The average molecular weight is 483 g/mol. The summed E-state index contributed by atoms with van der Waals surface area (Å²) >= 11 is 0. The first-order valence-corrected chi connectivity index (χ1v) is 13.3. The van der Waals surface area contributed by atoms with Gasteiger partial charge >= 0.3 is 6.09 Å². The third kappa shape index (κ3) is 6.04. The fraction of sp³-hybridized carbons (Fsp3) is 0.350. The van der Waals surface area contributed by atoms with Gasteiger partial charge in [0, 0.05) is 31.9 Å². The Balaban J connectivity index is 1.91. The van der Waals surface area contributed by atoms with Crippen LogP contribution in [0.4, 0.5) is 21.9 Å². The molecule has 1 aliphatic heterocycles. The average Bonchev–Trinajstić information content (AvgIpc) is 2.95. The maximum absolute atomic E-state index is 12.8. The number of hydrogen-bond donors (Lipinski definition) is 3. The van der Waals surface area contributed by atoms with Crippen LogP contribution >= 0.6 is 0 Å². The van der Waals surface area contributed by atoms with Gasteiger partial charge in [0.2, 0.25) is 10.0 Å². The summed E-state index contributed by atoms with van der Waals surface area (Å²) in [5.74, 6) is 0. The van der Waals surface area contributed by atoms with E-state index in [2.05, 4.69) is 9.44 Å². The summed E-state index contributed by atoms with van der Waals surface area (Å²) in [6.45, 7) is 3.57. The first kappa shape index (κ1) is 23.7. The van der Waals surface area contributed by atoms with Crippen LogP contribution in [0.25, 0.3) is 0 Å². The zero-order chi connectivity index (χ0) is 23.5. The number of sulfonamides is 2. The van der Waals surface area contributed by atoms with Crippen molar-refractivity contribution >= 4 is 43.2 Å². The summed E-state index contributed by atoms with van der Waals surface area (Å²) < 4.78 is 54.3. The largest absolute Gasteiger partial charge is 0.465 e. The molecule has 1 amide bonds. The molecular formula is C20H26N4O6S2. The van der Waals surface area contributed by atoms with Crippen molar-refractivity contribution in [3.8, 4) is 0 Å². The number of anilines is 3. The normalized spacial score (nSPS) is 15.2. The third-order valence-corrected chi connectivity index (χ3v) is 6.98. The van der Waals surface area contributed by atoms with E-state index in [-0.39, 0.29) is 16.3 Å². The van der Waals surface area contributed by atoms with E-state index in [0.29, 0.717) is 38.3 Å². The molecule has 1 saturated heterocycles. The lowest BCUT2D eigenvalue weighted by Crippen LogP contribution is -2.34. The molecule has 3 rings (SSSR count). The molecule has 0 radical (unpaired) electrons. The molecule has 1 fully saturated rings. The maximum Gasteiger partial charge on any atom is 0.407 e. The van der Waals surface area contributed by atoms with Crippen molar-refractivity contribution in [1.29, 1.82) is 0 Å². The Labute approximate surface area is 187 Å². The van der Waals surface area contributed by atoms with Crippen LogP contribution in [0, 0.1) is 6.92 Å². The van der Waals surface area contributed by atoms with Crippen LogP contribution in [0.5, 0.6) is 0 Å². The Kier molecular flexibility index (Phi) is 6.84. The smallest absolute Gasteiger partial charge is 0.407 e. The monoisotopic (exact) mass is 482 g/mol. The molecule has 0 unspecified atom stereocenters. The predicted octanol–water partition coefficient (Wildman–Crippen LogP) is 2.36. The van der Waals surface area contributed by atoms with Crippen LogP contribution in [0.2, 0.25) is 0 Å². The molecule has 2 aromatic rings. The topological polar surface area (TPSA) is 136 Å². The first-order chi connectivity index (χ1) is 14.9. The summed E-state index contributed by atoms with van der Waals surface area (Å²) in [4.78, 5) is 14.6. The van der Waals surface area contributed by atoms with Crippen molar-refractivity contribution in [1.82, 2.24) is 4.90 Å². The Bertz CT molecular complexity index is 1200. The van der Waals surface area contributed by atoms with Crippen molar-refractivity contribution in [3.63, 3.8) is 0 Å². The number of carboxylic acid groups (broad SMARTS) is 1. The second-order valence-electron chi connectivity index (χ2n) is 7.63. The number of nitrogens with zero attached hydrogens (tertiary/aromatic N) is 2. The van der Waals surface area contributed by atoms with E-state index < -0.39 is 26.1 Å². The molecule has 3 N–H and O–H groups in total. The lowest BCUT2D eigenvalue weighted by molar-refractivity contribution is 0.148. The number of aryl methyl sites for hydroxylation is 1. The Hall–Kier alpha value is -2.99. The predicted molar refractivity (Wildman–Crippen MR) is 123 cm³/mol. The van der Waals surface area contributed by atoms with E-state index in [0.717, 1.165) is 11.8 Å². The first-order valence-electron chi connectivity index (χ1n) is 9.89. The molecule has 0 bridgehead atoms. The van der Waals surface area contributed by atoms with Crippen LogP contribution in [-0.4, -0.2) is 65.4 Å². The fourth-order valence-electron chi connectivity index (χ4n) is 3.39. The SMILES string of the molecule is Cc1ccc(S(=O)(=O)Nc2ccc(N3CCCN(C(=O)O)CC3)cc2NS(C)(=O)=O)cc1. The van der Waals surface area contributed by atoms with Crippen molar-refractivity contribution in [2.24, 2.45) is 0 Å². The summed E-state index contributed by atoms with van der Waals surface area (Å²) in [5.41, 5.74) is 1.73. The molecule has 0 saturated carbocycles. The molecule has 1 aliphatic rings.